The number of aliphatic hydroxyl groups excluding tert-OH is 3. The Morgan fingerprint density at radius 3 is 2.41 bits per heavy atom. The Morgan fingerprint density at radius 1 is 1.03 bits per heavy atom. The van der Waals surface area contributed by atoms with E-state index in [1.165, 1.54) is 0 Å². The summed E-state index contributed by atoms with van der Waals surface area (Å²) < 4.78 is 17.1. The maximum absolute atomic E-state index is 10.7. The first-order valence-corrected chi connectivity index (χ1v) is 10.1. The van der Waals surface area contributed by atoms with Gasteiger partial charge in [-0.3, -0.25) is 5.73 Å². The molecular weight excluding hydrogens is 384 g/mol. The van der Waals surface area contributed by atoms with Crippen molar-refractivity contribution in [3.8, 4) is 0 Å². The smallest absolute Gasteiger partial charge is 0.176 e. The molecule has 12 nitrogen and oxygen atoms in total. The Bertz CT molecular complexity index is 478. The number of aliphatic hydroxyl groups is 3. The predicted molar refractivity (Wildman–Crippen MR) is 104 cm³/mol. The number of hydrogen-bond donors (Lipinski definition) is 8. The van der Waals surface area contributed by atoms with Crippen molar-refractivity contribution in [3.05, 3.63) is 0 Å². The molecule has 10 atom stereocenters. The van der Waals surface area contributed by atoms with Gasteiger partial charge in [-0.1, -0.05) is 0 Å². The second kappa shape index (κ2) is 11.8. The van der Waals surface area contributed by atoms with Crippen molar-refractivity contribution < 1.29 is 29.5 Å². The van der Waals surface area contributed by atoms with Gasteiger partial charge in [0.15, 0.2) is 6.29 Å². The van der Waals surface area contributed by atoms with Gasteiger partial charge in [0, 0.05) is 19.1 Å². The lowest BCUT2D eigenvalue weighted by Crippen LogP contribution is -2.67. The fraction of sp³-hybridized carbons (Fsp3) is 1.00. The van der Waals surface area contributed by atoms with E-state index in [1.807, 2.05) is 0 Å². The van der Waals surface area contributed by atoms with Crippen LogP contribution in [0.4, 0.5) is 0 Å². The molecule has 1 saturated heterocycles. The first kappa shape index (κ1) is 24.8. The molecule has 1 heterocycles. The van der Waals surface area contributed by atoms with Crippen LogP contribution in [-0.2, 0) is 14.2 Å². The third-order valence-corrected chi connectivity index (χ3v) is 5.44. The van der Waals surface area contributed by atoms with Gasteiger partial charge in [0.25, 0.3) is 0 Å². The van der Waals surface area contributed by atoms with Crippen LogP contribution in [0.25, 0.3) is 0 Å². The Hall–Kier alpha value is -0.480. The zero-order valence-electron chi connectivity index (χ0n) is 16.6. The third kappa shape index (κ3) is 6.26. The molecule has 0 bridgehead atoms. The molecule has 0 aromatic carbocycles. The van der Waals surface area contributed by atoms with E-state index in [2.05, 4.69) is 5.32 Å². The van der Waals surface area contributed by atoms with Gasteiger partial charge in [0.05, 0.1) is 18.7 Å². The predicted octanol–water partition coefficient (Wildman–Crippen LogP) is -4.83. The number of rotatable bonds is 10. The van der Waals surface area contributed by atoms with E-state index in [0.29, 0.717) is 19.7 Å². The molecule has 13 N–H and O–H groups in total. The Morgan fingerprint density at radius 2 is 1.76 bits per heavy atom. The molecule has 1 radical (unpaired) electrons. The van der Waals surface area contributed by atoms with Crippen LogP contribution < -0.4 is 34.0 Å². The van der Waals surface area contributed by atoms with Crippen molar-refractivity contribution in [1.82, 2.24) is 11.1 Å². The highest BCUT2D eigenvalue weighted by molar-refractivity contribution is 5.00. The van der Waals surface area contributed by atoms with E-state index in [4.69, 9.17) is 42.9 Å². The molecule has 0 aromatic heterocycles. The molecule has 2 fully saturated rings. The van der Waals surface area contributed by atoms with Crippen molar-refractivity contribution in [2.75, 3.05) is 32.8 Å². The van der Waals surface area contributed by atoms with Crippen molar-refractivity contribution in [2.45, 2.75) is 73.9 Å². The standard InChI is InChI=1S/C17H37N6O6/c18-2-1-3-23-4-5-27-15-8(20)6-9(21)16(14(15)26)29-17-11(22)13(25)12(24)10(7-19)28-17/h8-17,20,23-26H,1-7,18-19,21-22H2/t8-,9?,10?,11?,12+,13-,14-,15?,16+,17+/m1/s1. The normalized spacial score (nSPS) is 43.4. The van der Waals surface area contributed by atoms with Crippen LogP contribution in [0, 0.1) is 0 Å². The summed E-state index contributed by atoms with van der Waals surface area (Å²) in [5.41, 5.74) is 31.2. The highest BCUT2D eigenvalue weighted by atomic mass is 16.7. The molecule has 2 rings (SSSR count). The van der Waals surface area contributed by atoms with Crippen molar-refractivity contribution in [2.24, 2.45) is 22.9 Å². The van der Waals surface area contributed by atoms with Crippen LogP contribution in [-0.4, -0.2) is 109 Å². The van der Waals surface area contributed by atoms with E-state index < -0.39 is 61.0 Å². The van der Waals surface area contributed by atoms with Gasteiger partial charge in [-0.2, -0.15) is 0 Å². The Balaban J connectivity index is 1.94. The first-order valence-electron chi connectivity index (χ1n) is 10.1. The van der Waals surface area contributed by atoms with E-state index in [1.54, 1.807) is 0 Å². The molecular formula is C17H37N6O6. The minimum atomic E-state index is -1.30. The van der Waals surface area contributed by atoms with Crippen molar-refractivity contribution in [1.29, 1.82) is 0 Å². The van der Waals surface area contributed by atoms with Crippen LogP contribution in [0.2, 0.25) is 0 Å². The summed E-state index contributed by atoms with van der Waals surface area (Å²) >= 11 is 0. The number of ether oxygens (including phenoxy) is 3. The van der Waals surface area contributed by atoms with Gasteiger partial charge in [-0.25, -0.2) is 0 Å². The molecule has 0 amide bonds. The molecule has 2 aliphatic rings. The quantitative estimate of drug-likeness (QED) is 0.156. The molecule has 171 valence electrons. The van der Waals surface area contributed by atoms with Crippen LogP contribution in [0.15, 0.2) is 0 Å². The third-order valence-electron chi connectivity index (χ3n) is 5.44. The van der Waals surface area contributed by atoms with Gasteiger partial charge < -0.3 is 57.8 Å². The van der Waals surface area contributed by atoms with Crippen LogP contribution >= 0.6 is 0 Å². The minimum Gasteiger partial charge on any atom is -0.388 e. The number of nitrogens with one attached hydrogen (secondary N) is 2. The topological polar surface area (TPSA) is 228 Å². The molecule has 4 unspecified atom stereocenters. The Labute approximate surface area is 171 Å². The summed E-state index contributed by atoms with van der Waals surface area (Å²) in [5.74, 6) is 0. The average molecular weight is 422 g/mol. The summed E-state index contributed by atoms with van der Waals surface area (Å²) in [6.07, 6.45) is -6.29. The summed E-state index contributed by atoms with van der Waals surface area (Å²) in [6, 6.07) is -2.41. The minimum absolute atomic E-state index is 0.0399. The lowest BCUT2D eigenvalue weighted by atomic mass is 9.84. The van der Waals surface area contributed by atoms with E-state index in [9.17, 15) is 15.3 Å². The van der Waals surface area contributed by atoms with Gasteiger partial charge in [0.1, 0.15) is 36.6 Å². The highest BCUT2D eigenvalue weighted by Gasteiger charge is 2.48. The highest BCUT2D eigenvalue weighted by Crippen LogP contribution is 2.28. The summed E-state index contributed by atoms with van der Waals surface area (Å²) in [6.45, 7) is 2.20. The maximum Gasteiger partial charge on any atom is 0.176 e. The van der Waals surface area contributed by atoms with Gasteiger partial charge >= 0.3 is 0 Å². The van der Waals surface area contributed by atoms with E-state index in [0.717, 1.165) is 13.0 Å². The fourth-order valence-corrected chi connectivity index (χ4v) is 3.68. The Kier molecular flexibility index (Phi) is 10.1. The fourth-order valence-electron chi connectivity index (χ4n) is 3.68. The monoisotopic (exact) mass is 421 g/mol. The van der Waals surface area contributed by atoms with E-state index >= 15 is 0 Å². The molecule has 0 aromatic rings. The lowest BCUT2D eigenvalue weighted by molar-refractivity contribution is -0.289. The average Bonchev–Trinajstić information content (AvgIpc) is 2.69. The van der Waals surface area contributed by atoms with Crippen molar-refractivity contribution >= 4 is 0 Å². The van der Waals surface area contributed by atoms with Gasteiger partial charge in [-0.05, 0) is 25.9 Å². The van der Waals surface area contributed by atoms with Crippen LogP contribution in [0.5, 0.6) is 0 Å². The van der Waals surface area contributed by atoms with Gasteiger partial charge in [-0.15, -0.1) is 0 Å². The zero-order chi connectivity index (χ0) is 21.6. The van der Waals surface area contributed by atoms with E-state index in [-0.39, 0.29) is 13.0 Å². The molecule has 29 heavy (non-hydrogen) atoms. The van der Waals surface area contributed by atoms with Crippen LogP contribution in [0.1, 0.15) is 12.8 Å². The second-order valence-electron chi connectivity index (χ2n) is 7.66. The SMILES string of the molecule is [NH][C@@H]1CC(N)[C@H](O[C@@H]2OC(CN)[C@H](O)[C@H](O)C2N)[C@H](O)C1OCCNCCCN. The summed E-state index contributed by atoms with van der Waals surface area (Å²) in [5, 5.41) is 34.0. The van der Waals surface area contributed by atoms with Crippen molar-refractivity contribution in [3.63, 3.8) is 0 Å². The first-order chi connectivity index (χ1) is 13.8. The summed E-state index contributed by atoms with van der Waals surface area (Å²) in [4.78, 5) is 0. The largest absolute Gasteiger partial charge is 0.388 e. The second-order valence-corrected chi connectivity index (χ2v) is 7.66. The van der Waals surface area contributed by atoms with Crippen LogP contribution in [0.3, 0.4) is 0 Å². The molecule has 1 saturated carbocycles. The molecule has 1 aliphatic carbocycles. The summed E-state index contributed by atoms with van der Waals surface area (Å²) in [7, 11) is 0. The lowest BCUT2D eigenvalue weighted by Gasteiger charge is -2.46. The number of nitrogens with two attached hydrogens (primary N) is 4. The van der Waals surface area contributed by atoms with Gasteiger partial charge in [0.2, 0.25) is 0 Å². The molecule has 0 spiro atoms. The zero-order valence-corrected chi connectivity index (χ0v) is 16.6. The maximum atomic E-state index is 10.7. The molecule has 1 aliphatic heterocycles. The molecule has 12 heteroatoms. The number of hydrogen-bond acceptors (Lipinski definition) is 11.